The largest absolute Gasteiger partial charge is 0.0616 e. The number of hydrogen-bond acceptors (Lipinski definition) is 0. The van der Waals surface area contributed by atoms with Crippen molar-refractivity contribution in [3.8, 4) is 33.4 Å². The van der Waals surface area contributed by atoms with Gasteiger partial charge in [0.15, 0.2) is 0 Å². The molecule has 0 unspecified atom stereocenters. The Morgan fingerprint density at radius 1 is 0.188 bits per heavy atom. The number of hydrogen-bond donors (Lipinski definition) is 0. The molecule has 10 aromatic rings. The summed E-state index contributed by atoms with van der Waals surface area (Å²) in [6.07, 6.45) is 0. The predicted molar refractivity (Wildman–Crippen MR) is 208 cm³/mol. The molecule has 0 bridgehead atoms. The predicted octanol–water partition coefficient (Wildman–Crippen LogP) is 13.6. The van der Waals surface area contributed by atoms with Gasteiger partial charge in [-0.2, -0.15) is 0 Å². The smallest absolute Gasteiger partial charge is 0.00262 e. The van der Waals surface area contributed by atoms with Gasteiger partial charge in [-0.05, 0) is 122 Å². The monoisotopic (exact) mass is 606 g/mol. The Kier molecular flexibility index (Phi) is 5.98. The van der Waals surface area contributed by atoms with Crippen LogP contribution >= 0.6 is 0 Å². The molecule has 0 N–H and O–H groups in total. The van der Waals surface area contributed by atoms with E-state index in [2.05, 4.69) is 182 Å². The highest BCUT2D eigenvalue weighted by molar-refractivity contribution is 6.22. The summed E-state index contributed by atoms with van der Waals surface area (Å²) in [4.78, 5) is 0. The maximum atomic E-state index is 2.37. The lowest BCUT2D eigenvalue weighted by Gasteiger charge is -2.18. The van der Waals surface area contributed by atoms with Crippen molar-refractivity contribution in [1.82, 2.24) is 0 Å². The summed E-state index contributed by atoms with van der Waals surface area (Å²) in [5, 5.41) is 15.3. The Bertz CT molecular complexity index is 2830. The molecule has 0 amide bonds. The van der Waals surface area contributed by atoms with Crippen molar-refractivity contribution in [2.75, 3.05) is 0 Å². The van der Waals surface area contributed by atoms with E-state index in [1.54, 1.807) is 0 Å². The second-order valence-corrected chi connectivity index (χ2v) is 12.9. The standard InChI is InChI=1S/C48H30/c1-2-11-34-28-39(25-17-31(34)9-1)47-42-13-5-7-15-44(42)48(45-16-8-6-14-43(45)47)40-26-24-35-27-36(22-23-37(35)29-40)38-21-20-33-19-18-32-10-3-4-12-41(32)46(33)30-38/h1-30H. The number of fused-ring (bicyclic) bond motifs is 7. The van der Waals surface area contributed by atoms with Crippen LogP contribution in [0, 0.1) is 0 Å². The van der Waals surface area contributed by atoms with Gasteiger partial charge < -0.3 is 0 Å². The molecule has 0 aliphatic carbocycles. The van der Waals surface area contributed by atoms with Crippen molar-refractivity contribution in [2.24, 2.45) is 0 Å². The van der Waals surface area contributed by atoms with E-state index in [9.17, 15) is 0 Å². The lowest BCUT2D eigenvalue weighted by molar-refractivity contribution is 1.66. The van der Waals surface area contributed by atoms with Gasteiger partial charge in [-0.3, -0.25) is 0 Å². The molecule has 0 radical (unpaired) electrons. The molecule has 0 saturated heterocycles. The molecule has 0 heteroatoms. The highest BCUT2D eigenvalue weighted by atomic mass is 14.2. The highest BCUT2D eigenvalue weighted by Crippen LogP contribution is 2.44. The van der Waals surface area contributed by atoms with Gasteiger partial charge in [-0.1, -0.05) is 158 Å². The van der Waals surface area contributed by atoms with Crippen LogP contribution < -0.4 is 0 Å². The summed E-state index contributed by atoms with van der Waals surface area (Å²) < 4.78 is 0. The average Bonchev–Trinajstić information content (AvgIpc) is 3.16. The molecule has 0 atom stereocenters. The fourth-order valence-corrected chi connectivity index (χ4v) is 7.86. The van der Waals surface area contributed by atoms with Gasteiger partial charge in [0, 0.05) is 0 Å². The molecule has 0 fully saturated rings. The second-order valence-electron chi connectivity index (χ2n) is 12.9. The minimum absolute atomic E-state index is 1.24. The number of rotatable bonds is 3. The molecular weight excluding hydrogens is 577 g/mol. The van der Waals surface area contributed by atoms with Crippen molar-refractivity contribution in [2.45, 2.75) is 0 Å². The fraction of sp³-hybridized carbons (Fsp3) is 0. The van der Waals surface area contributed by atoms with E-state index in [0.717, 1.165) is 0 Å². The Labute approximate surface area is 279 Å². The van der Waals surface area contributed by atoms with Crippen LogP contribution in [-0.4, -0.2) is 0 Å². The van der Waals surface area contributed by atoms with Crippen molar-refractivity contribution in [3.05, 3.63) is 182 Å². The van der Waals surface area contributed by atoms with Gasteiger partial charge in [0.25, 0.3) is 0 Å². The molecule has 0 aromatic heterocycles. The first-order chi connectivity index (χ1) is 23.8. The Hall–Kier alpha value is -6.24. The van der Waals surface area contributed by atoms with Gasteiger partial charge in [0.2, 0.25) is 0 Å². The lowest BCUT2D eigenvalue weighted by Crippen LogP contribution is -1.91. The Morgan fingerprint density at radius 3 is 1.10 bits per heavy atom. The highest BCUT2D eigenvalue weighted by Gasteiger charge is 2.17. The zero-order valence-electron chi connectivity index (χ0n) is 26.3. The molecule has 10 rings (SSSR count). The third kappa shape index (κ3) is 4.24. The van der Waals surface area contributed by atoms with Gasteiger partial charge >= 0.3 is 0 Å². The van der Waals surface area contributed by atoms with Crippen molar-refractivity contribution in [3.63, 3.8) is 0 Å². The minimum Gasteiger partial charge on any atom is -0.0616 e. The first-order valence-corrected chi connectivity index (χ1v) is 16.7. The Balaban J connectivity index is 1.14. The third-order valence-electron chi connectivity index (χ3n) is 10.2. The lowest BCUT2D eigenvalue weighted by atomic mass is 9.85. The van der Waals surface area contributed by atoms with E-state index in [1.165, 1.54) is 98.0 Å². The van der Waals surface area contributed by atoms with Crippen LogP contribution in [0.25, 0.3) is 98.0 Å². The van der Waals surface area contributed by atoms with Gasteiger partial charge in [-0.15, -0.1) is 0 Å². The summed E-state index contributed by atoms with van der Waals surface area (Å²) >= 11 is 0. The quantitative estimate of drug-likeness (QED) is 0.139. The van der Waals surface area contributed by atoms with Crippen molar-refractivity contribution in [1.29, 1.82) is 0 Å². The second kappa shape index (κ2) is 10.7. The molecule has 0 spiro atoms. The molecule has 0 aliphatic heterocycles. The number of benzene rings is 10. The summed E-state index contributed by atoms with van der Waals surface area (Å²) in [5.41, 5.74) is 7.56. The molecule has 0 saturated carbocycles. The molecule has 0 heterocycles. The van der Waals surface area contributed by atoms with E-state index in [4.69, 9.17) is 0 Å². The summed E-state index contributed by atoms with van der Waals surface area (Å²) in [5.74, 6) is 0. The van der Waals surface area contributed by atoms with Crippen LogP contribution in [0.5, 0.6) is 0 Å². The Morgan fingerprint density at radius 2 is 0.521 bits per heavy atom. The zero-order chi connectivity index (χ0) is 31.6. The zero-order valence-corrected chi connectivity index (χ0v) is 26.3. The molecule has 0 aliphatic rings. The summed E-state index contributed by atoms with van der Waals surface area (Å²) in [6, 6.07) is 67.2. The van der Waals surface area contributed by atoms with Gasteiger partial charge in [0.1, 0.15) is 0 Å². The first kappa shape index (κ1) is 26.9. The molecule has 222 valence electrons. The van der Waals surface area contributed by atoms with E-state index >= 15 is 0 Å². The van der Waals surface area contributed by atoms with Crippen LogP contribution in [0.2, 0.25) is 0 Å². The SMILES string of the molecule is c1ccc2cc(-c3c4ccccc4c(-c4ccc5cc(-c6ccc7ccc8ccccc8c7c6)ccc5c4)c4ccccc34)ccc2c1. The maximum Gasteiger partial charge on any atom is -0.00262 e. The maximum absolute atomic E-state index is 2.37. The summed E-state index contributed by atoms with van der Waals surface area (Å²) in [6.45, 7) is 0. The minimum atomic E-state index is 1.24. The van der Waals surface area contributed by atoms with Crippen LogP contribution in [0.3, 0.4) is 0 Å². The molecule has 48 heavy (non-hydrogen) atoms. The van der Waals surface area contributed by atoms with E-state index in [0.29, 0.717) is 0 Å². The van der Waals surface area contributed by atoms with Crippen LogP contribution in [-0.2, 0) is 0 Å². The fourth-order valence-electron chi connectivity index (χ4n) is 7.86. The van der Waals surface area contributed by atoms with Crippen LogP contribution in [0.4, 0.5) is 0 Å². The topological polar surface area (TPSA) is 0 Å². The molecule has 0 nitrogen and oxygen atoms in total. The van der Waals surface area contributed by atoms with E-state index < -0.39 is 0 Å². The van der Waals surface area contributed by atoms with Crippen LogP contribution in [0.15, 0.2) is 182 Å². The van der Waals surface area contributed by atoms with Crippen molar-refractivity contribution >= 4 is 64.6 Å². The normalized spacial score (nSPS) is 11.8. The van der Waals surface area contributed by atoms with E-state index in [-0.39, 0.29) is 0 Å². The summed E-state index contributed by atoms with van der Waals surface area (Å²) in [7, 11) is 0. The first-order valence-electron chi connectivity index (χ1n) is 16.7. The van der Waals surface area contributed by atoms with Crippen molar-refractivity contribution < 1.29 is 0 Å². The van der Waals surface area contributed by atoms with E-state index in [1.807, 2.05) is 0 Å². The average molecular weight is 607 g/mol. The van der Waals surface area contributed by atoms with Gasteiger partial charge in [-0.25, -0.2) is 0 Å². The molecular formula is C48H30. The van der Waals surface area contributed by atoms with Crippen LogP contribution in [0.1, 0.15) is 0 Å². The van der Waals surface area contributed by atoms with Gasteiger partial charge in [0.05, 0.1) is 0 Å². The molecule has 10 aromatic carbocycles. The third-order valence-corrected chi connectivity index (χ3v) is 10.2.